The van der Waals surface area contributed by atoms with E-state index in [0.717, 1.165) is 28.8 Å². The summed E-state index contributed by atoms with van der Waals surface area (Å²) < 4.78 is 0. The summed E-state index contributed by atoms with van der Waals surface area (Å²) in [5.41, 5.74) is 6.04. The highest BCUT2D eigenvalue weighted by Gasteiger charge is 2.19. The summed E-state index contributed by atoms with van der Waals surface area (Å²) in [6, 6.07) is 4.02. The highest BCUT2D eigenvalue weighted by atomic mass is 35.5. The Morgan fingerprint density at radius 1 is 1.22 bits per heavy atom. The third-order valence-corrected chi connectivity index (χ3v) is 4.13. The number of aromatic nitrogens is 1. The van der Waals surface area contributed by atoms with Crippen LogP contribution >= 0.6 is 11.6 Å². The van der Waals surface area contributed by atoms with Crippen LogP contribution in [0, 0.1) is 6.92 Å². The fraction of sp³-hybridized carbons (Fsp3) is 0.400. The lowest BCUT2D eigenvalue weighted by atomic mass is 9.92. The van der Waals surface area contributed by atoms with Gasteiger partial charge in [-0.2, -0.15) is 0 Å². The van der Waals surface area contributed by atoms with Crippen LogP contribution in [0.2, 0.25) is 5.02 Å². The predicted molar refractivity (Wildman–Crippen MR) is 77.7 cm³/mol. The molecule has 3 heteroatoms. The fourth-order valence-electron chi connectivity index (χ4n) is 2.90. The van der Waals surface area contributed by atoms with Gasteiger partial charge in [0.1, 0.15) is 0 Å². The van der Waals surface area contributed by atoms with Crippen molar-refractivity contribution in [3.63, 3.8) is 0 Å². The molecule has 1 N–H and O–H groups in total. The minimum Gasteiger partial charge on any atom is -0.387 e. The Labute approximate surface area is 112 Å². The summed E-state index contributed by atoms with van der Waals surface area (Å²) in [6.07, 6.45) is 4.69. The molecule has 1 aliphatic rings. The molecule has 0 radical (unpaired) electrons. The van der Waals surface area contributed by atoms with E-state index in [4.69, 9.17) is 16.6 Å². The third kappa shape index (κ3) is 1.67. The van der Waals surface area contributed by atoms with Crippen molar-refractivity contribution in [2.75, 3.05) is 12.4 Å². The summed E-state index contributed by atoms with van der Waals surface area (Å²) >= 11 is 6.38. The second-order valence-corrected chi connectivity index (χ2v) is 5.36. The van der Waals surface area contributed by atoms with Crippen LogP contribution < -0.4 is 5.32 Å². The lowest BCUT2D eigenvalue weighted by molar-refractivity contribution is 0.672. The van der Waals surface area contributed by atoms with E-state index in [-0.39, 0.29) is 0 Å². The van der Waals surface area contributed by atoms with Gasteiger partial charge in [0.2, 0.25) is 0 Å². The van der Waals surface area contributed by atoms with Crippen LogP contribution in [-0.2, 0) is 12.8 Å². The highest BCUT2D eigenvalue weighted by Crippen LogP contribution is 2.37. The molecule has 0 aliphatic heterocycles. The first-order valence-corrected chi connectivity index (χ1v) is 6.88. The average Bonchev–Trinajstić information content (AvgIpc) is 2.41. The van der Waals surface area contributed by atoms with Crippen molar-refractivity contribution >= 4 is 28.2 Å². The third-order valence-electron chi connectivity index (χ3n) is 3.82. The number of halogens is 1. The molecule has 2 nitrogen and oxygen atoms in total. The Bertz CT molecular complexity index is 620. The van der Waals surface area contributed by atoms with Crippen LogP contribution in [0.5, 0.6) is 0 Å². The predicted octanol–water partition coefficient (Wildman–Crippen LogP) is 4.12. The van der Waals surface area contributed by atoms with E-state index in [1.165, 1.54) is 35.3 Å². The van der Waals surface area contributed by atoms with E-state index in [1.54, 1.807) is 0 Å². The molecule has 0 amide bonds. The highest BCUT2D eigenvalue weighted by molar-refractivity contribution is 6.36. The van der Waals surface area contributed by atoms with Gasteiger partial charge in [0, 0.05) is 23.8 Å². The molecular formula is C15H17ClN2. The number of pyridine rings is 1. The van der Waals surface area contributed by atoms with E-state index in [2.05, 4.69) is 12.2 Å². The molecule has 18 heavy (non-hydrogen) atoms. The van der Waals surface area contributed by atoms with Crippen LogP contribution in [0.1, 0.15) is 29.7 Å². The van der Waals surface area contributed by atoms with Crippen LogP contribution in [0.3, 0.4) is 0 Å². The zero-order valence-electron chi connectivity index (χ0n) is 10.8. The molecule has 0 saturated heterocycles. The van der Waals surface area contributed by atoms with E-state index < -0.39 is 0 Å². The normalized spacial score (nSPS) is 14.6. The topological polar surface area (TPSA) is 24.9 Å². The molecule has 2 aromatic rings. The summed E-state index contributed by atoms with van der Waals surface area (Å²) in [4.78, 5) is 4.86. The van der Waals surface area contributed by atoms with Gasteiger partial charge < -0.3 is 5.32 Å². The van der Waals surface area contributed by atoms with E-state index in [1.807, 2.05) is 19.2 Å². The minimum absolute atomic E-state index is 0.792. The SMILES string of the molecule is CNc1c2c(nc3c(C)ccc(Cl)c13)CCCC2. The maximum atomic E-state index is 6.38. The molecule has 1 aromatic heterocycles. The van der Waals surface area contributed by atoms with Gasteiger partial charge >= 0.3 is 0 Å². The van der Waals surface area contributed by atoms with Crippen molar-refractivity contribution < 1.29 is 0 Å². The molecule has 94 valence electrons. The molecule has 0 bridgehead atoms. The standard InChI is InChI=1S/C15H17ClN2/c1-9-7-8-11(16)13-14(9)18-12-6-4-3-5-10(12)15(13)17-2/h7-8H,3-6H2,1-2H3,(H,17,18). The Morgan fingerprint density at radius 2 is 2.00 bits per heavy atom. The second-order valence-electron chi connectivity index (χ2n) is 4.96. The van der Waals surface area contributed by atoms with Gasteiger partial charge in [0.05, 0.1) is 10.5 Å². The number of hydrogen-bond acceptors (Lipinski definition) is 2. The maximum absolute atomic E-state index is 6.38. The number of rotatable bonds is 1. The van der Waals surface area contributed by atoms with Crippen LogP contribution in [-0.4, -0.2) is 12.0 Å². The molecule has 0 saturated carbocycles. The van der Waals surface area contributed by atoms with E-state index in [9.17, 15) is 0 Å². The number of nitrogens with one attached hydrogen (secondary N) is 1. The molecule has 0 fully saturated rings. The number of fused-ring (bicyclic) bond motifs is 2. The van der Waals surface area contributed by atoms with Crippen molar-refractivity contribution in [1.29, 1.82) is 0 Å². The lowest BCUT2D eigenvalue weighted by Gasteiger charge is -2.21. The maximum Gasteiger partial charge on any atom is 0.0770 e. The van der Waals surface area contributed by atoms with Gasteiger partial charge in [-0.1, -0.05) is 17.7 Å². The second kappa shape index (κ2) is 4.43. The van der Waals surface area contributed by atoms with Gasteiger partial charge in [-0.05, 0) is 49.8 Å². The van der Waals surface area contributed by atoms with Gasteiger partial charge in [-0.25, -0.2) is 0 Å². The summed E-state index contributed by atoms with van der Waals surface area (Å²) in [6.45, 7) is 2.10. The van der Waals surface area contributed by atoms with Gasteiger partial charge in [-0.3, -0.25) is 4.98 Å². The Kier molecular flexibility index (Phi) is 2.90. The van der Waals surface area contributed by atoms with Gasteiger partial charge in [0.15, 0.2) is 0 Å². The van der Waals surface area contributed by atoms with Crippen molar-refractivity contribution in [3.8, 4) is 0 Å². The summed E-state index contributed by atoms with van der Waals surface area (Å²) in [5.74, 6) is 0. The number of aryl methyl sites for hydroxylation is 2. The first kappa shape index (κ1) is 11.8. The van der Waals surface area contributed by atoms with Crippen molar-refractivity contribution in [2.45, 2.75) is 32.6 Å². The van der Waals surface area contributed by atoms with Gasteiger partial charge in [-0.15, -0.1) is 0 Å². The molecule has 1 aromatic carbocycles. The number of hydrogen-bond donors (Lipinski definition) is 1. The monoisotopic (exact) mass is 260 g/mol. The summed E-state index contributed by atoms with van der Waals surface area (Å²) in [5, 5.41) is 5.22. The number of nitrogens with zero attached hydrogens (tertiary/aromatic N) is 1. The van der Waals surface area contributed by atoms with Crippen molar-refractivity contribution in [3.05, 3.63) is 34.0 Å². The minimum atomic E-state index is 0.792. The quantitative estimate of drug-likeness (QED) is 0.834. The largest absolute Gasteiger partial charge is 0.387 e. The lowest BCUT2D eigenvalue weighted by Crippen LogP contribution is -2.10. The molecule has 1 heterocycles. The molecular weight excluding hydrogens is 244 g/mol. The molecule has 1 aliphatic carbocycles. The Hall–Kier alpha value is -1.28. The smallest absolute Gasteiger partial charge is 0.0770 e. The van der Waals surface area contributed by atoms with E-state index >= 15 is 0 Å². The van der Waals surface area contributed by atoms with Crippen LogP contribution in [0.4, 0.5) is 5.69 Å². The summed E-state index contributed by atoms with van der Waals surface area (Å²) in [7, 11) is 1.97. The number of benzene rings is 1. The van der Waals surface area contributed by atoms with E-state index in [0.29, 0.717) is 0 Å². The van der Waals surface area contributed by atoms with Crippen LogP contribution in [0.15, 0.2) is 12.1 Å². The number of anilines is 1. The average molecular weight is 261 g/mol. The van der Waals surface area contributed by atoms with Crippen LogP contribution in [0.25, 0.3) is 10.9 Å². The zero-order chi connectivity index (χ0) is 12.7. The molecule has 0 unspecified atom stereocenters. The van der Waals surface area contributed by atoms with Crippen molar-refractivity contribution in [1.82, 2.24) is 4.98 Å². The Morgan fingerprint density at radius 3 is 2.78 bits per heavy atom. The van der Waals surface area contributed by atoms with Gasteiger partial charge in [0.25, 0.3) is 0 Å². The molecule has 0 spiro atoms. The van der Waals surface area contributed by atoms with Crippen molar-refractivity contribution in [2.24, 2.45) is 0 Å². The Balaban J connectivity index is 2.44. The fourth-order valence-corrected chi connectivity index (χ4v) is 3.14. The molecule has 0 atom stereocenters. The molecule has 3 rings (SSSR count). The first-order valence-electron chi connectivity index (χ1n) is 6.50. The zero-order valence-corrected chi connectivity index (χ0v) is 11.6. The first-order chi connectivity index (χ1) is 8.72.